The first-order chi connectivity index (χ1) is 12.6. The summed E-state index contributed by atoms with van der Waals surface area (Å²) in [5.41, 5.74) is 4.50. The number of nitrogens with zero attached hydrogens (tertiary/aromatic N) is 1. The molecule has 2 aromatic carbocycles. The molecule has 0 spiro atoms. The van der Waals surface area contributed by atoms with Crippen LogP contribution in [-0.2, 0) is 14.4 Å². The molecular formula is C21H17NO4. The van der Waals surface area contributed by atoms with Gasteiger partial charge in [0.2, 0.25) is 11.8 Å². The third kappa shape index (κ3) is 1.83. The van der Waals surface area contributed by atoms with E-state index in [1.165, 1.54) is 4.90 Å². The van der Waals surface area contributed by atoms with E-state index in [0.717, 1.165) is 22.3 Å². The van der Waals surface area contributed by atoms with Gasteiger partial charge in [-0.25, -0.2) is 0 Å². The van der Waals surface area contributed by atoms with Crippen LogP contribution in [0.1, 0.15) is 40.5 Å². The molecule has 1 unspecified atom stereocenters. The van der Waals surface area contributed by atoms with E-state index in [9.17, 15) is 14.4 Å². The van der Waals surface area contributed by atoms with Crippen LogP contribution >= 0.6 is 0 Å². The fraction of sp³-hybridized carbons (Fsp3) is 0.286. The van der Waals surface area contributed by atoms with Gasteiger partial charge in [0.1, 0.15) is 0 Å². The van der Waals surface area contributed by atoms with E-state index in [-0.39, 0.29) is 36.6 Å². The molecule has 2 atom stereocenters. The molecule has 1 heterocycles. The van der Waals surface area contributed by atoms with Gasteiger partial charge >= 0.3 is 5.97 Å². The number of carbonyl (C=O) groups excluding carboxylic acids is 2. The van der Waals surface area contributed by atoms with E-state index in [0.29, 0.717) is 0 Å². The van der Waals surface area contributed by atoms with Crippen LogP contribution in [0.2, 0.25) is 0 Å². The highest BCUT2D eigenvalue weighted by atomic mass is 16.4. The van der Waals surface area contributed by atoms with Crippen LogP contribution in [0.3, 0.4) is 0 Å². The van der Waals surface area contributed by atoms with Crippen molar-refractivity contribution in [3.8, 4) is 0 Å². The lowest BCUT2D eigenvalue weighted by Gasteiger charge is -2.45. The number of carbonyl (C=O) groups is 3. The quantitative estimate of drug-likeness (QED) is 0.865. The van der Waals surface area contributed by atoms with Crippen LogP contribution in [0.4, 0.5) is 0 Å². The molecule has 0 radical (unpaired) electrons. The molecule has 1 N–H and O–H groups in total. The van der Waals surface area contributed by atoms with Crippen molar-refractivity contribution in [2.75, 3.05) is 6.54 Å². The summed E-state index contributed by atoms with van der Waals surface area (Å²) in [6.07, 6.45) is -0.216. The minimum atomic E-state index is -1.00. The number of likely N-dealkylation sites (tertiary alicyclic amines) is 1. The van der Waals surface area contributed by atoms with E-state index >= 15 is 0 Å². The lowest BCUT2D eigenvalue weighted by Crippen LogP contribution is -2.41. The summed E-state index contributed by atoms with van der Waals surface area (Å²) in [5.74, 6) is -2.57. The number of imide groups is 1. The molecule has 26 heavy (non-hydrogen) atoms. The lowest BCUT2D eigenvalue weighted by atomic mass is 9.55. The summed E-state index contributed by atoms with van der Waals surface area (Å²) >= 11 is 0. The number of hydrogen-bond donors (Lipinski definition) is 1. The van der Waals surface area contributed by atoms with Gasteiger partial charge in [-0.05, 0) is 22.3 Å². The average Bonchev–Trinajstić information content (AvgIpc) is 2.91. The highest BCUT2D eigenvalue weighted by Crippen LogP contribution is 2.60. The molecule has 5 heteroatoms. The molecule has 1 aliphatic heterocycles. The molecule has 2 bridgehead atoms. The van der Waals surface area contributed by atoms with Gasteiger partial charge in [0.25, 0.3) is 0 Å². The molecule has 5 nitrogen and oxygen atoms in total. The minimum absolute atomic E-state index is 0.0495. The summed E-state index contributed by atoms with van der Waals surface area (Å²) < 4.78 is 0. The Morgan fingerprint density at radius 1 is 0.808 bits per heavy atom. The predicted molar refractivity (Wildman–Crippen MR) is 92.5 cm³/mol. The van der Waals surface area contributed by atoms with Crippen LogP contribution < -0.4 is 0 Å². The molecule has 2 amide bonds. The van der Waals surface area contributed by atoms with Crippen molar-refractivity contribution in [1.82, 2.24) is 4.90 Å². The van der Waals surface area contributed by atoms with Crippen molar-refractivity contribution < 1.29 is 19.5 Å². The second-order valence-corrected chi connectivity index (χ2v) is 7.24. The maximum atomic E-state index is 13.1. The molecule has 2 aromatic rings. The summed E-state index contributed by atoms with van der Waals surface area (Å²) in [4.78, 5) is 38.3. The summed E-state index contributed by atoms with van der Waals surface area (Å²) in [5, 5.41) is 8.96. The van der Waals surface area contributed by atoms with E-state index in [4.69, 9.17) is 5.11 Å². The van der Waals surface area contributed by atoms with Crippen molar-refractivity contribution in [2.24, 2.45) is 11.8 Å². The Morgan fingerprint density at radius 2 is 1.19 bits per heavy atom. The fourth-order valence-corrected chi connectivity index (χ4v) is 5.17. The highest BCUT2D eigenvalue weighted by molar-refractivity contribution is 6.07. The molecule has 0 aromatic heterocycles. The second-order valence-electron chi connectivity index (χ2n) is 7.24. The largest absolute Gasteiger partial charge is 0.481 e. The molecule has 4 aliphatic rings. The van der Waals surface area contributed by atoms with Crippen LogP contribution in [-0.4, -0.2) is 34.3 Å². The van der Waals surface area contributed by atoms with Gasteiger partial charge in [0.05, 0.1) is 18.3 Å². The number of carboxylic acid groups (broad SMARTS) is 1. The third-order valence-corrected chi connectivity index (χ3v) is 6.09. The zero-order valence-corrected chi connectivity index (χ0v) is 14.0. The third-order valence-electron chi connectivity index (χ3n) is 6.09. The van der Waals surface area contributed by atoms with Gasteiger partial charge in [-0.15, -0.1) is 0 Å². The summed E-state index contributed by atoms with van der Waals surface area (Å²) in [7, 11) is 0. The summed E-state index contributed by atoms with van der Waals surface area (Å²) in [6.45, 7) is -0.0495. The van der Waals surface area contributed by atoms with Gasteiger partial charge < -0.3 is 5.11 Å². The maximum Gasteiger partial charge on any atom is 0.305 e. The van der Waals surface area contributed by atoms with Gasteiger partial charge in [0.15, 0.2) is 0 Å². The Balaban J connectivity index is 1.67. The lowest BCUT2D eigenvalue weighted by molar-refractivity contribution is -0.142. The second kappa shape index (κ2) is 5.27. The van der Waals surface area contributed by atoms with E-state index in [1.54, 1.807) is 0 Å². The number of rotatable bonds is 3. The van der Waals surface area contributed by atoms with Crippen molar-refractivity contribution in [2.45, 2.75) is 18.3 Å². The number of hydrogen-bond acceptors (Lipinski definition) is 3. The van der Waals surface area contributed by atoms with Crippen molar-refractivity contribution in [3.05, 3.63) is 70.8 Å². The van der Waals surface area contributed by atoms with Crippen molar-refractivity contribution >= 4 is 17.8 Å². The molecule has 0 saturated carbocycles. The maximum absolute atomic E-state index is 13.1. The van der Waals surface area contributed by atoms with Crippen LogP contribution in [0.5, 0.6) is 0 Å². The Hall–Kier alpha value is -2.95. The Bertz CT molecular complexity index is 850. The Labute approximate surface area is 150 Å². The van der Waals surface area contributed by atoms with E-state index in [2.05, 4.69) is 24.3 Å². The van der Waals surface area contributed by atoms with E-state index in [1.807, 2.05) is 24.3 Å². The number of benzene rings is 2. The van der Waals surface area contributed by atoms with Crippen LogP contribution in [0.25, 0.3) is 0 Å². The Kier molecular flexibility index (Phi) is 3.11. The Morgan fingerprint density at radius 3 is 1.54 bits per heavy atom. The SMILES string of the molecule is O=C(O)CCN1C(=O)C2C3c4ccccc4C(c4ccccc43)[C@@H]2C1=O. The molecule has 1 saturated heterocycles. The average molecular weight is 347 g/mol. The molecule has 3 aliphatic carbocycles. The highest BCUT2D eigenvalue weighted by Gasteiger charge is 2.61. The molecule has 130 valence electrons. The number of carboxylic acids is 1. The van der Waals surface area contributed by atoms with Crippen molar-refractivity contribution in [1.29, 1.82) is 0 Å². The molecule has 6 rings (SSSR count). The first-order valence-electron chi connectivity index (χ1n) is 8.84. The summed E-state index contributed by atoms with van der Waals surface area (Å²) in [6, 6.07) is 16.1. The zero-order valence-electron chi connectivity index (χ0n) is 14.0. The van der Waals surface area contributed by atoms with Gasteiger partial charge in [-0.3, -0.25) is 19.3 Å². The minimum Gasteiger partial charge on any atom is -0.481 e. The molecular weight excluding hydrogens is 330 g/mol. The number of aliphatic carboxylic acids is 1. The van der Waals surface area contributed by atoms with Gasteiger partial charge in [0, 0.05) is 18.4 Å². The fourth-order valence-electron chi connectivity index (χ4n) is 5.17. The van der Waals surface area contributed by atoms with Crippen molar-refractivity contribution in [3.63, 3.8) is 0 Å². The first-order valence-corrected chi connectivity index (χ1v) is 8.84. The standard InChI is InChI=1S/C21H17NO4/c23-15(24)9-10-22-20(25)18-16-11-5-1-2-6-12(11)17(19(18)21(22)26)14-8-4-3-7-13(14)16/h1-8,16-19H,9-10H2,(H,23,24)/t16?,17?,18-,19?/m0/s1. The van der Waals surface area contributed by atoms with Gasteiger partial charge in [-0.1, -0.05) is 48.5 Å². The topological polar surface area (TPSA) is 74.7 Å². The van der Waals surface area contributed by atoms with Gasteiger partial charge in [-0.2, -0.15) is 0 Å². The first kappa shape index (κ1) is 15.3. The smallest absolute Gasteiger partial charge is 0.305 e. The monoisotopic (exact) mass is 347 g/mol. The zero-order chi connectivity index (χ0) is 18.0. The normalized spacial score (nSPS) is 27.9. The predicted octanol–water partition coefficient (Wildman–Crippen LogP) is 2.35. The van der Waals surface area contributed by atoms with Crippen LogP contribution in [0, 0.1) is 11.8 Å². The van der Waals surface area contributed by atoms with Crippen LogP contribution in [0.15, 0.2) is 48.5 Å². The van der Waals surface area contributed by atoms with E-state index < -0.39 is 17.8 Å². The molecule has 1 fully saturated rings. The number of amides is 2.